The molecule has 1 aliphatic rings. The summed E-state index contributed by atoms with van der Waals surface area (Å²) in [7, 11) is -3.96. The van der Waals surface area contributed by atoms with Gasteiger partial charge in [-0.05, 0) is 29.6 Å². The van der Waals surface area contributed by atoms with Gasteiger partial charge in [-0.1, -0.05) is 17.7 Å². The first kappa shape index (κ1) is 20.7. The summed E-state index contributed by atoms with van der Waals surface area (Å²) in [5.41, 5.74) is 0.466. The average Bonchev–Trinajstić information content (AvgIpc) is 3.29. The van der Waals surface area contributed by atoms with Gasteiger partial charge in [0, 0.05) is 38.3 Å². The number of rotatable bonds is 5. The first-order valence-electron chi connectivity index (χ1n) is 8.93. The van der Waals surface area contributed by atoms with Crippen molar-refractivity contribution in [3.05, 3.63) is 63.0 Å². The van der Waals surface area contributed by atoms with Crippen LogP contribution in [0.4, 0.5) is 11.5 Å². The van der Waals surface area contributed by atoms with E-state index in [1.807, 2.05) is 34.5 Å². The van der Waals surface area contributed by atoms with E-state index in [1.54, 1.807) is 11.3 Å². The largest absolute Gasteiger partial charge is 0.352 e. The fraction of sp³-hybridized carbons (Fsp3) is 0.222. The number of nitrogens with zero attached hydrogens (tertiary/aromatic N) is 5. The van der Waals surface area contributed by atoms with E-state index in [9.17, 15) is 18.5 Å². The van der Waals surface area contributed by atoms with Crippen LogP contribution in [0.3, 0.4) is 0 Å². The van der Waals surface area contributed by atoms with Crippen molar-refractivity contribution < 1.29 is 13.3 Å². The molecule has 0 N–H and O–H groups in total. The molecule has 3 heterocycles. The Bertz CT molecular complexity index is 1160. The van der Waals surface area contributed by atoms with E-state index < -0.39 is 14.9 Å². The molecule has 12 heteroatoms. The Balaban J connectivity index is 1.48. The predicted octanol–water partition coefficient (Wildman–Crippen LogP) is 3.28. The maximum absolute atomic E-state index is 13.0. The number of hydrogen-bond acceptors (Lipinski definition) is 8. The van der Waals surface area contributed by atoms with Crippen LogP contribution < -0.4 is 4.90 Å². The Morgan fingerprint density at radius 2 is 1.83 bits per heavy atom. The normalized spacial score (nSPS) is 15.3. The van der Waals surface area contributed by atoms with E-state index in [2.05, 4.69) is 10.2 Å². The second-order valence-electron chi connectivity index (χ2n) is 6.52. The average molecular weight is 466 g/mol. The molecule has 0 radical (unpaired) electrons. The van der Waals surface area contributed by atoms with Crippen molar-refractivity contribution in [2.24, 2.45) is 0 Å². The van der Waals surface area contributed by atoms with Crippen LogP contribution in [0.25, 0.3) is 10.6 Å². The number of aromatic nitrogens is 2. The van der Waals surface area contributed by atoms with E-state index >= 15 is 0 Å². The zero-order chi connectivity index (χ0) is 21.3. The smallest absolute Gasteiger partial charge is 0.270 e. The standard InChI is InChI=1S/C18H16ClN5O4S2/c19-14-4-3-13(24(25)26)12-17(14)30(27,28)23-9-7-22(8-10-23)18-6-5-15(20-21-18)16-2-1-11-29-16/h1-6,11-12H,7-10H2. The summed E-state index contributed by atoms with van der Waals surface area (Å²) in [5, 5.41) is 21.5. The lowest BCUT2D eigenvalue weighted by molar-refractivity contribution is -0.385. The molecule has 0 amide bonds. The van der Waals surface area contributed by atoms with Gasteiger partial charge in [-0.25, -0.2) is 8.42 Å². The second kappa shape index (κ2) is 8.26. The maximum Gasteiger partial charge on any atom is 0.270 e. The minimum Gasteiger partial charge on any atom is -0.352 e. The van der Waals surface area contributed by atoms with Gasteiger partial charge < -0.3 is 4.90 Å². The van der Waals surface area contributed by atoms with Crippen molar-refractivity contribution in [1.82, 2.24) is 14.5 Å². The Labute approximate surface area is 181 Å². The number of thiophene rings is 1. The van der Waals surface area contributed by atoms with Gasteiger partial charge in [0.25, 0.3) is 5.69 Å². The van der Waals surface area contributed by atoms with Gasteiger partial charge in [0.05, 0.1) is 14.8 Å². The van der Waals surface area contributed by atoms with Crippen LogP contribution >= 0.6 is 22.9 Å². The number of benzene rings is 1. The maximum atomic E-state index is 13.0. The summed E-state index contributed by atoms with van der Waals surface area (Å²) < 4.78 is 27.2. The van der Waals surface area contributed by atoms with Crippen molar-refractivity contribution >= 4 is 44.5 Å². The number of halogens is 1. The Hall–Kier alpha value is -2.60. The zero-order valence-corrected chi connectivity index (χ0v) is 17.9. The molecule has 0 bridgehead atoms. The molecule has 1 saturated heterocycles. The molecule has 156 valence electrons. The van der Waals surface area contributed by atoms with Gasteiger partial charge in [0.15, 0.2) is 5.82 Å². The number of piperazine rings is 1. The summed E-state index contributed by atoms with van der Waals surface area (Å²) in [4.78, 5) is 13.1. The molecular formula is C18H16ClN5O4S2. The molecule has 2 aromatic heterocycles. The molecule has 3 aromatic rings. The second-order valence-corrected chi connectivity index (χ2v) is 9.78. The fourth-order valence-electron chi connectivity index (χ4n) is 3.15. The lowest BCUT2D eigenvalue weighted by Crippen LogP contribution is -2.49. The summed E-state index contributed by atoms with van der Waals surface area (Å²) >= 11 is 7.61. The van der Waals surface area contributed by atoms with Crippen LogP contribution in [-0.2, 0) is 10.0 Å². The van der Waals surface area contributed by atoms with Crippen LogP contribution in [0.2, 0.25) is 5.02 Å². The summed E-state index contributed by atoms with van der Waals surface area (Å²) in [6, 6.07) is 11.1. The van der Waals surface area contributed by atoms with Crippen LogP contribution in [-0.4, -0.2) is 54.0 Å². The first-order valence-corrected chi connectivity index (χ1v) is 11.6. The number of anilines is 1. The molecule has 1 aliphatic heterocycles. The molecule has 0 saturated carbocycles. The quantitative estimate of drug-likeness (QED) is 0.420. The number of sulfonamides is 1. The molecular weight excluding hydrogens is 450 g/mol. The van der Waals surface area contributed by atoms with Crippen LogP contribution in [0.5, 0.6) is 0 Å². The van der Waals surface area contributed by atoms with Crippen LogP contribution in [0.1, 0.15) is 0 Å². The number of nitro groups is 1. The molecule has 4 rings (SSSR count). The number of non-ortho nitro benzene ring substituents is 1. The fourth-order valence-corrected chi connectivity index (χ4v) is 5.76. The van der Waals surface area contributed by atoms with E-state index in [0.717, 1.165) is 16.6 Å². The van der Waals surface area contributed by atoms with Crippen molar-refractivity contribution in [3.63, 3.8) is 0 Å². The zero-order valence-electron chi connectivity index (χ0n) is 15.5. The van der Waals surface area contributed by atoms with E-state index in [4.69, 9.17) is 11.6 Å². The van der Waals surface area contributed by atoms with Crippen molar-refractivity contribution in [3.8, 4) is 10.6 Å². The first-order chi connectivity index (χ1) is 14.4. The van der Waals surface area contributed by atoms with Gasteiger partial charge in [0.2, 0.25) is 10.0 Å². The molecule has 0 unspecified atom stereocenters. The molecule has 1 fully saturated rings. The minimum atomic E-state index is -3.96. The molecule has 0 atom stereocenters. The topological polar surface area (TPSA) is 110 Å². The number of nitro benzene ring substituents is 1. The van der Waals surface area contributed by atoms with Crippen molar-refractivity contribution in [2.75, 3.05) is 31.1 Å². The van der Waals surface area contributed by atoms with Gasteiger partial charge in [0.1, 0.15) is 10.6 Å². The Kier molecular flexibility index (Phi) is 5.69. The third-order valence-corrected chi connectivity index (χ3v) is 8.00. The minimum absolute atomic E-state index is 0.0435. The summed E-state index contributed by atoms with van der Waals surface area (Å²) in [6.07, 6.45) is 0. The van der Waals surface area contributed by atoms with Crippen LogP contribution in [0, 0.1) is 10.1 Å². The molecule has 30 heavy (non-hydrogen) atoms. The third kappa shape index (κ3) is 4.01. The highest BCUT2D eigenvalue weighted by molar-refractivity contribution is 7.89. The highest BCUT2D eigenvalue weighted by Gasteiger charge is 2.31. The number of hydrogen-bond donors (Lipinski definition) is 0. The van der Waals surface area contributed by atoms with Gasteiger partial charge in [-0.15, -0.1) is 21.5 Å². The lowest BCUT2D eigenvalue weighted by Gasteiger charge is -2.34. The van der Waals surface area contributed by atoms with Crippen molar-refractivity contribution in [2.45, 2.75) is 4.90 Å². The monoisotopic (exact) mass is 465 g/mol. The Morgan fingerprint density at radius 1 is 1.07 bits per heavy atom. The molecule has 1 aromatic carbocycles. The van der Waals surface area contributed by atoms with E-state index in [1.165, 1.54) is 16.4 Å². The van der Waals surface area contributed by atoms with Gasteiger partial charge in [-0.3, -0.25) is 10.1 Å². The van der Waals surface area contributed by atoms with Crippen molar-refractivity contribution in [1.29, 1.82) is 0 Å². The third-order valence-electron chi connectivity index (χ3n) is 4.73. The Morgan fingerprint density at radius 3 is 2.43 bits per heavy atom. The SMILES string of the molecule is O=[N+]([O-])c1ccc(Cl)c(S(=O)(=O)N2CCN(c3ccc(-c4cccs4)nn3)CC2)c1. The highest BCUT2D eigenvalue weighted by Crippen LogP contribution is 2.30. The lowest BCUT2D eigenvalue weighted by atomic mass is 10.3. The summed E-state index contributed by atoms with van der Waals surface area (Å²) in [5.74, 6) is 0.667. The van der Waals surface area contributed by atoms with E-state index in [-0.39, 0.29) is 28.7 Å². The van der Waals surface area contributed by atoms with Crippen LogP contribution in [0.15, 0.2) is 52.7 Å². The van der Waals surface area contributed by atoms with Gasteiger partial charge >= 0.3 is 0 Å². The predicted molar refractivity (Wildman–Crippen MR) is 114 cm³/mol. The molecule has 9 nitrogen and oxygen atoms in total. The molecule has 0 aliphatic carbocycles. The summed E-state index contributed by atoms with van der Waals surface area (Å²) in [6.45, 7) is 1.24. The van der Waals surface area contributed by atoms with Gasteiger partial charge in [-0.2, -0.15) is 4.31 Å². The van der Waals surface area contributed by atoms with E-state index in [0.29, 0.717) is 18.9 Å². The highest BCUT2D eigenvalue weighted by atomic mass is 35.5. The molecule has 0 spiro atoms.